The number of carbonyl (C=O) groups excluding carboxylic acids is 1. The van der Waals surface area contributed by atoms with Crippen molar-refractivity contribution >= 4 is 6.29 Å². The maximum atomic E-state index is 10.5. The number of unbranched alkanes of at least 4 members (excludes halogenated alkanes) is 1. The van der Waals surface area contributed by atoms with E-state index in [-0.39, 0.29) is 11.8 Å². The number of hydrogen-bond donors (Lipinski definition) is 3. The first-order valence-corrected chi connectivity index (χ1v) is 8.49. The van der Waals surface area contributed by atoms with Crippen molar-refractivity contribution in [3.8, 4) is 0 Å². The van der Waals surface area contributed by atoms with Crippen molar-refractivity contribution in [3.63, 3.8) is 0 Å². The summed E-state index contributed by atoms with van der Waals surface area (Å²) in [7, 11) is 0. The van der Waals surface area contributed by atoms with E-state index in [4.69, 9.17) is 0 Å². The molecule has 1 saturated carbocycles. The van der Waals surface area contributed by atoms with Crippen LogP contribution < -0.4 is 0 Å². The number of aliphatic hydroxyl groups is 3. The summed E-state index contributed by atoms with van der Waals surface area (Å²) in [4.78, 5) is 10.5. The summed E-state index contributed by atoms with van der Waals surface area (Å²) < 4.78 is 0. The highest BCUT2D eigenvalue weighted by molar-refractivity contribution is 5.49. The van der Waals surface area contributed by atoms with Gasteiger partial charge in [0.05, 0.1) is 18.3 Å². The second kappa shape index (κ2) is 9.54. The third-order valence-corrected chi connectivity index (χ3v) is 4.98. The quantitative estimate of drug-likeness (QED) is 0.541. The summed E-state index contributed by atoms with van der Waals surface area (Å²) in [6.07, 6.45) is 5.43. The molecule has 3 N–H and O–H groups in total. The molecule has 4 heteroatoms. The Labute approximate surface area is 128 Å². The zero-order chi connectivity index (χ0) is 15.8. The van der Waals surface area contributed by atoms with Crippen LogP contribution in [0.25, 0.3) is 0 Å². The van der Waals surface area contributed by atoms with Crippen LogP contribution in [0.1, 0.15) is 65.2 Å². The maximum absolute atomic E-state index is 10.5. The van der Waals surface area contributed by atoms with Gasteiger partial charge in [0.1, 0.15) is 6.29 Å². The molecule has 1 rings (SSSR count). The maximum Gasteiger partial charge on any atom is 0.120 e. The van der Waals surface area contributed by atoms with Crippen LogP contribution in [0.2, 0.25) is 0 Å². The first kappa shape index (κ1) is 18.6. The molecule has 1 aliphatic rings. The Balaban J connectivity index is 2.48. The fourth-order valence-electron chi connectivity index (χ4n) is 3.65. The van der Waals surface area contributed by atoms with Crippen molar-refractivity contribution in [2.75, 3.05) is 0 Å². The first-order valence-electron chi connectivity index (χ1n) is 8.49. The van der Waals surface area contributed by atoms with E-state index < -0.39 is 18.3 Å². The van der Waals surface area contributed by atoms with Crippen molar-refractivity contribution in [3.05, 3.63) is 0 Å². The van der Waals surface area contributed by atoms with E-state index in [1.165, 1.54) is 19.3 Å². The molecule has 0 saturated heterocycles. The lowest BCUT2D eigenvalue weighted by molar-refractivity contribution is -0.108. The Morgan fingerprint density at radius 1 is 1.19 bits per heavy atom. The van der Waals surface area contributed by atoms with Gasteiger partial charge in [0, 0.05) is 12.3 Å². The van der Waals surface area contributed by atoms with E-state index in [2.05, 4.69) is 13.8 Å². The normalized spacial score (nSPS) is 32.0. The second-order valence-corrected chi connectivity index (χ2v) is 6.75. The molecule has 1 fully saturated rings. The zero-order valence-electron chi connectivity index (χ0n) is 13.4. The van der Waals surface area contributed by atoms with Crippen LogP contribution >= 0.6 is 0 Å². The average Bonchev–Trinajstić information content (AvgIpc) is 2.74. The summed E-state index contributed by atoms with van der Waals surface area (Å²) in [5, 5.41) is 30.5. The molecule has 124 valence electrons. The molecule has 1 aliphatic carbocycles. The van der Waals surface area contributed by atoms with Crippen molar-refractivity contribution in [1.82, 2.24) is 0 Å². The van der Waals surface area contributed by atoms with Crippen LogP contribution in [0.4, 0.5) is 0 Å². The van der Waals surface area contributed by atoms with Gasteiger partial charge in [-0.25, -0.2) is 0 Å². The predicted octanol–water partition coefficient (Wildman–Crippen LogP) is 2.29. The van der Waals surface area contributed by atoms with Gasteiger partial charge in [-0.15, -0.1) is 0 Å². The molecule has 0 spiro atoms. The SMILES string of the molecule is CCCCC(C)CCC(O)[C@H]1[C@H](CCC=O)[C@H](O)C[C@@H]1O. The van der Waals surface area contributed by atoms with Gasteiger partial charge in [0.2, 0.25) is 0 Å². The van der Waals surface area contributed by atoms with Crippen LogP contribution in [-0.2, 0) is 4.79 Å². The van der Waals surface area contributed by atoms with E-state index in [0.717, 1.165) is 12.7 Å². The van der Waals surface area contributed by atoms with Crippen LogP contribution in [0.15, 0.2) is 0 Å². The second-order valence-electron chi connectivity index (χ2n) is 6.75. The van der Waals surface area contributed by atoms with Crippen molar-refractivity contribution in [2.45, 2.75) is 83.5 Å². The third kappa shape index (κ3) is 5.68. The van der Waals surface area contributed by atoms with E-state index in [0.29, 0.717) is 31.6 Å². The van der Waals surface area contributed by atoms with Gasteiger partial charge in [0.25, 0.3) is 0 Å². The molecule has 0 aromatic rings. The van der Waals surface area contributed by atoms with Gasteiger partial charge in [0.15, 0.2) is 0 Å². The van der Waals surface area contributed by atoms with E-state index >= 15 is 0 Å². The number of rotatable bonds is 10. The molecular formula is C17H32O4. The van der Waals surface area contributed by atoms with Crippen molar-refractivity contribution in [2.24, 2.45) is 17.8 Å². The lowest BCUT2D eigenvalue weighted by atomic mass is 9.82. The lowest BCUT2D eigenvalue weighted by Crippen LogP contribution is -2.33. The van der Waals surface area contributed by atoms with E-state index in [1.807, 2.05) is 0 Å². The Kier molecular flexibility index (Phi) is 8.45. The fraction of sp³-hybridized carbons (Fsp3) is 0.941. The highest BCUT2D eigenvalue weighted by Crippen LogP contribution is 2.39. The van der Waals surface area contributed by atoms with E-state index in [1.54, 1.807) is 0 Å². The van der Waals surface area contributed by atoms with Crippen LogP contribution in [0.3, 0.4) is 0 Å². The molecule has 6 atom stereocenters. The van der Waals surface area contributed by atoms with Gasteiger partial charge < -0.3 is 20.1 Å². The summed E-state index contributed by atoms with van der Waals surface area (Å²) >= 11 is 0. The summed E-state index contributed by atoms with van der Waals surface area (Å²) in [5.41, 5.74) is 0. The monoisotopic (exact) mass is 300 g/mol. The van der Waals surface area contributed by atoms with Crippen LogP contribution in [0.5, 0.6) is 0 Å². The minimum absolute atomic E-state index is 0.161. The standard InChI is InChI=1S/C17H32O4/c1-3-4-6-12(2)8-9-14(19)17-13(7-5-10-18)15(20)11-16(17)21/h10,12-17,19-21H,3-9,11H2,1-2H3/t12?,13-,14?,15-,16+,17-/m1/s1. The zero-order valence-corrected chi connectivity index (χ0v) is 13.4. The predicted molar refractivity (Wildman–Crippen MR) is 82.8 cm³/mol. The molecule has 0 amide bonds. The topological polar surface area (TPSA) is 77.8 Å². The molecule has 21 heavy (non-hydrogen) atoms. The average molecular weight is 300 g/mol. The van der Waals surface area contributed by atoms with Crippen LogP contribution in [0, 0.1) is 17.8 Å². The minimum Gasteiger partial charge on any atom is -0.393 e. The van der Waals surface area contributed by atoms with Gasteiger partial charge in [-0.05, 0) is 37.5 Å². The largest absolute Gasteiger partial charge is 0.393 e. The van der Waals surface area contributed by atoms with Gasteiger partial charge >= 0.3 is 0 Å². The highest BCUT2D eigenvalue weighted by Gasteiger charge is 2.44. The van der Waals surface area contributed by atoms with Crippen LogP contribution in [-0.4, -0.2) is 39.9 Å². The number of aldehydes is 1. The molecule has 0 heterocycles. The molecule has 0 aromatic heterocycles. The molecular weight excluding hydrogens is 268 g/mol. The minimum atomic E-state index is -0.655. The number of carbonyl (C=O) groups is 1. The Hall–Kier alpha value is -0.450. The third-order valence-electron chi connectivity index (χ3n) is 4.98. The first-order chi connectivity index (χ1) is 10.0. The van der Waals surface area contributed by atoms with Gasteiger partial charge in [-0.1, -0.05) is 33.1 Å². The summed E-state index contributed by atoms with van der Waals surface area (Å²) in [6, 6.07) is 0. The smallest absolute Gasteiger partial charge is 0.120 e. The Bertz CT molecular complexity index is 295. The molecule has 0 aromatic carbocycles. The number of hydrogen-bond acceptors (Lipinski definition) is 4. The van der Waals surface area contributed by atoms with Gasteiger partial charge in [-0.2, -0.15) is 0 Å². The molecule has 0 bridgehead atoms. The molecule has 0 aliphatic heterocycles. The van der Waals surface area contributed by atoms with Crippen molar-refractivity contribution < 1.29 is 20.1 Å². The van der Waals surface area contributed by atoms with Crippen molar-refractivity contribution in [1.29, 1.82) is 0 Å². The summed E-state index contributed by atoms with van der Waals surface area (Å²) in [6.45, 7) is 4.38. The molecule has 2 unspecified atom stereocenters. The Morgan fingerprint density at radius 2 is 1.90 bits per heavy atom. The lowest BCUT2D eigenvalue weighted by Gasteiger charge is -2.28. The number of aliphatic hydroxyl groups excluding tert-OH is 3. The highest BCUT2D eigenvalue weighted by atomic mass is 16.3. The Morgan fingerprint density at radius 3 is 2.52 bits per heavy atom. The fourth-order valence-corrected chi connectivity index (χ4v) is 3.65. The molecule has 4 nitrogen and oxygen atoms in total. The molecule has 0 radical (unpaired) electrons. The van der Waals surface area contributed by atoms with E-state index in [9.17, 15) is 20.1 Å². The summed E-state index contributed by atoms with van der Waals surface area (Å²) in [5.74, 6) is 0.126. The van der Waals surface area contributed by atoms with Gasteiger partial charge in [-0.3, -0.25) is 0 Å².